The Kier molecular flexibility index (Phi) is 12.4. The highest BCUT2D eigenvalue weighted by atomic mass is 28.4. The molecule has 8 nitrogen and oxygen atoms in total. The van der Waals surface area contributed by atoms with Crippen molar-refractivity contribution in [3.8, 4) is 0 Å². The van der Waals surface area contributed by atoms with Crippen LogP contribution in [0, 0.1) is 0 Å². The van der Waals surface area contributed by atoms with Gasteiger partial charge in [0.1, 0.15) is 36.8 Å². The second-order valence-corrected chi connectivity index (χ2v) is 28.2. The highest BCUT2D eigenvalue weighted by Crippen LogP contribution is 2.48. The minimum absolute atomic E-state index is 0.207. The van der Waals surface area contributed by atoms with Crippen LogP contribution in [0.25, 0.3) is 0 Å². The normalized spacial score (nSPS) is 29.4. The van der Waals surface area contributed by atoms with Crippen molar-refractivity contribution in [1.29, 1.82) is 0 Å². The first-order valence-corrected chi connectivity index (χ1v) is 25.8. The van der Waals surface area contributed by atoms with Gasteiger partial charge in [-0.2, -0.15) is 0 Å². The van der Waals surface area contributed by atoms with Gasteiger partial charge in [-0.25, -0.2) is 0 Å². The zero-order valence-electron chi connectivity index (χ0n) is 36.6. The van der Waals surface area contributed by atoms with Crippen LogP contribution in [-0.4, -0.2) is 90.3 Å². The third-order valence-electron chi connectivity index (χ3n) is 13.2. The summed E-state index contributed by atoms with van der Waals surface area (Å²) in [6.07, 6.45) is -0.379. The minimum Gasteiger partial charge on any atom is -0.399 e. The lowest BCUT2D eigenvalue weighted by Gasteiger charge is -2.53. The summed E-state index contributed by atoms with van der Waals surface area (Å²) < 4.78 is 50.7. The van der Waals surface area contributed by atoms with E-state index in [1.54, 1.807) is 0 Å². The van der Waals surface area contributed by atoms with Crippen LogP contribution in [0.3, 0.4) is 0 Å². The van der Waals surface area contributed by atoms with E-state index in [0.29, 0.717) is 19.4 Å². The van der Waals surface area contributed by atoms with Crippen molar-refractivity contribution in [3.63, 3.8) is 0 Å². The molecule has 9 atom stereocenters. The van der Waals surface area contributed by atoms with Crippen LogP contribution in [0.2, 0.25) is 10.1 Å². The van der Waals surface area contributed by atoms with E-state index in [1.165, 1.54) is 20.7 Å². The van der Waals surface area contributed by atoms with Gasteiger partial charge in [0.15, 0.2) is 5.79 Å². The van der Waals surface area contributed by atoms with Gasteiger partial charge >= 0.3 is 0 Å². The molecule has 4 aliphatic rings. The SMILES string of the molecule is CC1(C)OCC(C[C@H]2OC3[C@@H](O[C@H]4CC[C@H](CC=O)O[C@@H]4[C@@H]3O[Si](c3ccccc3)(c3ccccc3)C(C)(C)C)[C@H]2O[Si](c2ccccc2)(c2ccccc2)C(C)(C)C)O1. The maximum absolute atomic E-state index is 12.0. The Balaban J connectivity index is 1.30. The number of benzene rings is 4. The summed E-state index contributed by atoms with van der Waals surface area (Å²) in [5, 5.41) is 4.15. The molecule has 4 aromatic rings. The van der Waals surface area contributed by atoms with Gasteiger partial charge in [-0.1, -0.05) is 163 Å². The molecular weight excluding hydrogens is 785 g/mol. The number of fused-ring (bicyclic) bond motifs is 2. The molecule has 320 valence electrons. The first-order chi connectivity index (χ1) is 28.7. The fraction of sp³-hybridized carbons (Fsp3) is 0.500. The summed E-state index contributed by atoms with van der Waals surface area (Å²) in [7, 11) is -6.28. The standard InChI is InChI=1S/C50H64O8Si2/c1-48(2,3)59(37-21-13-9-14-22-37,38-23-15-10-16-24-38)57-44-42(33-36-34-52-50(7,8)56-36)55-46-45(44)54-41-30-29-35(31-32-51)53-43(41)47(46)58-60(49(4,5)6,39-25-17-11-18-26-39)40-27-19-12-20-28-40/h9-28,32,35-36,41-47H,29-31,33-34H2,1-8H3/t35-,36?,41+,42-,43+,44+,45+,46?,47+/m1/s1. The lowest BCUT2D eigenvalue weighted by Crippen LogP contribution is -2.73. The van der Waals surface area contributed by atoms with Gasteiger partial charge in [0.25, 0.3) is 16.6 Å². The van der Waals surface area contributed by atoms with E-state index in [4.69, 9.17) is 32.5 Å². The second kappa shape index (κ2) is 17.1. The molecule has 60 heavy (non-hydrogen) atoms. The van der Waals surface area contributed by atoms with Crippen LogP contribution in [0.15, 0.2) is 121 Å². The Bertz CT molecular complexity index is 1940. The second-order valence-electron chi connectivity index (χ2n) is 19.7. The highest BCUT2D eigenvalue weighted by molar-refractivity contribution is 7.00. The lowest BCUT2D eigenvalue weighted by molar-refractivity contribution is -0.254. The lowest BCUT2D eigenvalue weighted by atomic mass is 9.88. The highest BCUT2D eigenvalue weighted by Gasteiger charge is 2.64. The fourth-order valence-corrected chi connectivity index (χ4v) is 20.0. The molecule has 4 heterocycles. The molecule has 10 heteroatoms. The number of carbonyl (C=O) groups is 1. The van der Waals surface area contributed by atoms with Crippen molar-refractivity contribution in [2.75, 3.05) is 6.61 Å². The zero-order valence-corrected chi connectivity index (χ0v) is 38.6. The summed E-state index contributed by atoms with van der Waals surface area (Å²) in [5.74, 6) is -0.702. The molecular formula is C50H64O8Si2. The minimum atomic E-state index is -3.16. The van der Waals surface area contributed by atoms with Crippen LogP contribution in [-0.2, 0) is 37.3 Å². The maximum Gasteiger partial charge on any atom is 0.261 e. The van der Waals surface area contributed by atoms with Crippen LogP contribution in [0.1, 0.15) is 81.1 Å². The van der Waals surface area contributed by atoms with Crippen molar-refractivity contribution in [2.24, 2.45) is 0 Å². The third-order valence-corrected chi connectivity index (χ3v) is 23.3. The molecule has 0 saturated carbocycles. The maximum atomic E-state index is 12.0. The van der Waals surface area contributed by atoms with Crippen molar-refractivity contribution < 1.29 is 37.3 Å². The van der Waals surface area contributed by atoms with Gasteiger partial charge in [-0.3, -0.25) is 0 Å². The third kappa shape index (κ3) is 8.08. The first kappa shape index (κ1) is 43.4. The number of hydrogen-bond acceptors (Lipinski definition) is 8. The number of hydrogen-bond donors (Lipinski definition) is 0. The van der Waals surface area contributed by atoms with E-state index < -0.39 is 59.0 Å². The molecule has 0 aromatic heterocycles. The van der Waals surface area contributed by atoms with Gasteiger partial charge in [0.05, 0.1) is 31.0 Å². The molecule has 2 unspecified atom stereocenters. The van der Waals surface area contributed by atoms with Crippen molar-refractivity contribution in [1.82, 2.24) is 0 Å². The Labute approximate surface area is 359 Å². The van der Waals surface area contributed by atoms with Gasteiger partial charge < -0.3 is 37.3 Å². The van der Waals surface area contributed by atoms with Crippen LogP contribution in [0.4, 0.5) is 0 Å². The molecule has 0 radical (unpaired) electrons. The van der Waals surface area contributed by atoms with Gasteiger partial charge in [-0.05, 0) is 57.5 Å². The quantitative estimate of drug-likeness (QED) is 0.111. The average molecular weight is 849 g/mol. The first-order valence-electron chi connectivity index (χ1n) is 22.0. The van der Waals surface area contributed by atoms with Gasteiger partial charge in [0, 0.05) is 12.8 Å². The molecule has 0 aliphatic carbocycles. The van der Waals surface area contributed by atoms with E-state index in [1.807, 2.05) is 13.8 Å². The largest absolute Gasteiger partial charge is 0.399 e. The molecule has 0 spiro atoms. The number of carbonyl (C=O) groups excluding carboxylic acids is 1. The molecule has 0 amide bonds. The van der Waals surface area contributed by atoms with E-state index in [9.17, 15) is 4.79 Å². The van der Waals surface area contributed by atoms with Crippen LogP contribution < -0.4 is 20.7 Å². The Morgan fingerprint density at radius 2 is 1.05 bits per heavy atom. The van der Waals surface area contributed by atoms with Crippen molar-refractivity contribution in [3.05, 3.63) is 121 Å². The number of ether oxygens (including phenoxy) is 5. The van der Waals surface area contributed by atoms with Crippen molar-refractivity contribution in [2.45, 2.75) is 152 Å². The van der Waals surface area contributed by atoms with E-state index >= 15 is 0 Å². The number of aldehydes is 1. The number of rotatable bonds is 12. The Hall–Kier alpha value is -3.30. The average Bonchev–Trinajstić information content (AvgIpc) is 3.76. The molecule has 4 aromatic carbocycles. The molecule has 4 fully saturated rings. The van der Waals surface area contributed by atoms with E-state index in [2.05, 4.69) is 163 Å². The summed E-state index contributed by atoms with van der Waals surface area (Å²) in [5.41, 5.74) is 0. The smallest absolute Gasteiger partial charge is 0.261 e. The van der Waals surface area contributed by atoms with E-state index in [0.717, 1.165) is 19.1 Å². The predicted molar refractivity (Wildman–Crippen MR) is 240 cm³/mol. The molecule has 8 rings (SSSR count). The molecule has 0 bridgehead atoms. The molecule has 0 N–H and O–H groups in total. The van der Waals surface area contributed by atoms with Crippen LogP contribution >= 0.6 is 0 Å². The molecule has 4 aliphatic heterocycles. The predicted octanol–water partition coefficient (Wildman–Crippen LogP) is 7.09. The summed E-state index contributed by atoms with van der Waals surface area (Å²) >= 11 is 0. The molecule has 4 saturated heterocycles. The van der Waals surface area contributed by atoms with Gasteiger partial charge in [-0.15, -0.1) is 0 Å². The zero-order chi connectivity index (χ0) is 42.3. The summed E-state index contributed by atoms with van der Waals surface area (Å²) in [6, 6.07) is 43.1. The Morgan fingerprint density at radius 1 is 0.600 bits per heavy atom. The monoisotopic (exact) mass is 848 g/mol. The van der Waals surface area contributed by atoms with Crippen molar-refractivity contribution >= 4 is 43.7 Å². The topological polar surface area (TPSA) is 81.7 Å². The van der Waals surface area contributed by atoms with Gasteiger partial charge in [0.2, 0.25) is 0 Å². The summed E-state index contributed by atoms with van der Waals surface area (Å²) in [6.45, 7) is 18.2. The van der Waals surface area contributed by atoms with Crippen LogP contribution in [0.5, 0.6) is 0 Å². The van der Waals surface area contributed by atoms with E-state index in [-0.39, 0.29) is 28.4 Å². The summed E-state index contributed by atoms with van der Waals surface area (Å²) in [4.78, 5) is 12.0. The Morgan fingerprint density at radius 3 is 1.47 bits per heavy atom. The fourth-order valence-electron chi connectivity index (χ4n) is 10.6.